The van der Waals surface area contributed by atoms with E-state index in [1.807, 2.05) is 42.6 Å². The summed E-state index contributed by atoms with van der Waals surface area (Å²) >= 11 is 6.08. The number of nitrogens with one attached hydrogen (secondary N) is 1. The average molecular weight is 398 g/mol. The van der Waals surface area contributed by atoms with Crippen LogP contribution < -0.4 is 10.1 Å². The molecule has 0 aliphatic carbocycles. The van der Waals surface area contributed by atoms with Crippen molar-refractivity contribution in [2.75, 3.05) is 25.5 Å². The number of aromatic nitrogens is 1. The SMILES string of the molecule is COc1cccc(CN2CCC(Nc3ccnc4cc(Cl)ccc34)CC2)c1O. The van der Waals surface area contributed by atoms with E-state index in [1.54, 1.807) is 13.2 Å². The fraction of sp³-hybridized carbons (Fsp3) is 0.318. The van der Waals surface area contributed by atoms with E-state index in [0.29, 0.717) is 16.8 Å². The zero-order chi connectivity index (χ0) is 19.5. The lowest BCUT2D eigenvalue weighted by Crippen LogP contribution is -2.38. The summed E-state index contributed by atoms with van der Waals surface area (Å²) in [5.74, 6) is 0.769. The third kappa shape index (κ3) is 4.01. The van der Waals surface area contributed by atoms with E-state index in [4.69, 9.17) is 16.3 Å². The van der Waals surface area contributed by atoms with Crippen molar-refractivity contribution >= 4 is 28.2 Å². The van der Waals surface area contributed by atoms with Crippen LogP contribution >= 0.6 is 11.6 Å². The van der Waals surface area contributed by atoms with Crippen molar-refractivity contribution in [1.82, 2.24) is 9.88 Å². The molecule has 0 amide bonds. The van der Waals surface area contributed by atoms with Gasteiger partial charge in [-0.2, -0.15) is 0 Å². The van der Waals surface area contributed by atoms with Gasteiger partial charge in [-0.15, -0.1) is 0 Å². The number of phenolic OH excluding ortho intramolecular Hbond substituents is 1. The molecule has 2 N–H and O–H groups in total. The fourth-order valence-corrected chi connectivity index (χ4v) is 3.97. The number of piperidine rings is 1. The largest absolute Gasteiger partial charge is 0.504 e. The Bertz CT molecular complexity index is 971. The normalized spacial score (nSPS) is 15.6. The predicted octanol–water partition coefficient (Wildman–Crippen LogP) is 4.68. The number of hydrogen-bond donors (Lipinski definition) is 2. The number of benzene rings is 2. The van der Waals surface area contributed by atoms with Crippen molar-refractivity contribution in [3.63, 3.8) is 0 Å². The number of para-hydroxylation sites is 1. The Kier molecular flexibility index (Phi) is 5.55. The van der Waals surface area contributed by atoms with Crippen LogP contribution in [-0.4, -0.2) is 41.2 Å². The molecule has 0 spiro atoms. The molecule has 2 heterocycles. The Labute approximate surface area is 169 Å². The van der Waals surface area contributed by atoms with Gasteiger partial charge < -0.3 is 15.2 Å². The summed E-state index contributed by atoms with van der Waals surface area (Å²) in [5.41, 5.74) is 2.91. The molecule has 0 bridgehead atoms. The Morgan fingerprint density at radius 2 is 2.04 bits per heavy atom. The first kappa shape index (κ1) is 18.8. The van der Waals surface area contributed by atoms with Crippen LogP contribution in [-0.2, 0) is 6.54 Å². The Morgan fingerprint density at radius 3 is 2.82 bits per heavy atom. The molecule has 5 nitrogen and oxygen atoms in total. The zero-order valence-corrected chi connectivity index (χ0v) is 16.6. The van der Waals surface area contributed by atoms with Crippen molar-refractivity contribution < 1.29 is 9.84 Å². The maximum absolute atomic E-state index is 10.3. The Hall–Kier alpha value is -2.50. The number of hydrogen-bond acceptors (Lipinski definition) is 5. The van der Waals surface area contributed by atoms with Gasteiger partial charge in [0.25, 0.3) is 0 Å². The van der Waals surface area contributed by atoms with Crippen LogP contribution in [0.5, 0.6) is 11.5 Å². The van der Waals surface area contributed by atoms with Gasteiger partial charge in [-0.05, 0) is 43.2 Å². The van der Waals surface area contributed by atoms with Crippen LogP contribution in [0.1, 0.15) is 18.4 Å². The van der Waals surface area contributed by atoms with Crippen LogP contribution in [0.2, 0.25) is 5.02 Å². The van der Waals surface area contributed by atoms with E-state index in [1.165, 1.54) is 0 Å². The number of fused-ring (bicyclic) bond motifs is 1. The topological polar surface area (TPSA) is 57.6 Å². The maximum Gasteiger partial charge on any atom is 0.162 e. The molecule has 1 saturated heterocycles. The van der Waals surface area contributed by atoms with Gasteiger partial charge in [0.05, 0.1) is 12.6 Å². The zero-order valence-electron chi connectivity index (χ0n) is 15.9. The van der Waals surface area contributed by atoms with Crippen molar-refractivity contribution in [2.45, 2.75) is 25.4 Å². The van der Waals surface area contributed by atoms with E-state index >= 15 is 0 Å². The minimum atomic E-state index is 0.243. The molecule has 6 heteroatoms. The standard InChI is InChI=1S/C22H24ClN3O2/c1-28-21-4-2-3-15(22(21)27)14-26-11-8-17(9-12-26)25-19-7-10-24-20-13-16(23)5-6-18(19)20/h2-7,10,13,17,27H,8-9,11-12,14H2,1H3,(H,24,25). The van der Waals surface area contributed by atoms with Gasteiger partial charge in [0, 0.05) is 53.5 Å². The van der Waals surface area contributed by atoms with Crippen molar-refractivity contribution in [2.24, 2.45) is 0 Å². The number of anilines is 1. The smallest absolute Gasteiger partial charge is 0.162 e. The molecule has 0 unspecified atom stereocenters. The molecule has 1 aromatic heterocycles. The highest BCUT2D eigenvalue weighted by molar-refractivity contribution is 6.31. The molecule has 146 valence electrons. The number of ether oxygens (including phenoxy) is 1. The molecule has 2 aromatic carbocycles. The molecule has 1 aliphatic rings. The number of methoxy groups -OCH3 is 1. The molecule has 3 aromatic rings. The highest BCUT2D eigenvalue weighted by Crippen LogP contribution is 2.31. The van der Waals surface area contributed by atoms with Gasteiger partial charge in [0.1, 0.15) is 0 Å². The molecule has 0 saturated carbocycles. The maximum atomic E-state index is 10.3. The second kappa shape index (κ2) is 8.25. The summed E-state index contributed by atoms with van der Waals surface area (Å²) in [6, 6.07) is 13.9. The summed E-state index contributed by atoms with van der Waals surface area (Å²) in [5, 5.41) is 15.8. The lowest BCUT2D eigenvalue weighted by atomic mass is 10.0. The summed E-state index contributed by atoms with van der Waals surface area (Å²) in [7, 11) is 1.58. The summed E-state index contributed by atoms with van der Waals surface area (Å²) in [4.78, 5) is 6.78. The molecule has 1 aliphatic heterocycles. The van der Waals surface area contributed by atoms with Crippen molar-refractivity contribution in [1.29, 1.82) is 0 Å². The average Bonchev–Trinajstić information content (AvgIpc) is 2.71. The number of likely N-dealkylation sites (tertiary alicyclic amines) is 1. The van der Waals surface area contributed by atoms with E-state index in [2.05, 4.69) is 15.2 Å². The van der Waals surface area contributed by atoms with E-state index < -0.39 is 0 Å². The molecular formula is C22H24ClN3O2. The minimum absolute atomic E-state index is 0.243. The molecular weight excluding hydrogens is 374 g/mol. The first-order chi connectivity index (χ1) is 13.6. The van der Waals surface area contributed by atoms with Gasteiger partial charge in [-0.25, -0.2) is 0 Å². The number of rotatable bonds is 5. The number of nitrogens with zero attached hydrogens (tertiary/aromatic N) is 2. The molecule has 4 rings (SSSR count). The van der Waals surface area contributed by atoms with E-state index in [0.717, 1.165) is 54.6 Å². The number of phenols is 1. The van der Waals surface area contributed by atoms with Crippen LogP contribution in [0, 0.1) is 0 Å². The van der Waals surface area contributed by atoms with Crippen LogP contribution in [0.3, 0.4) is 0 Å². The minimum Gasteiger partial charge on any atom is -0.504 e. The first-order valence-electron chi connectivity index (χ1n) is 9.52. The number of halogens is 1. The Balaban J connectivity index is 1.39. The molecule has 28 heavy (non-hydrogen) atoms. The van der Waals surface area contributed by atoms with Gasteiger partial charge in [0.15, 0.2) is 11.5 Å². The van der Waals surface area contributed by atoms with Crippen LogP contribution in [0.25, 0.3) is 10.9 Å². The molecule has 0 atom stereocenters. The second-order valence-electron chi connectivity index (χ2n) is 7.18. The number of aromatic hydroxyl groups is 1. The fourth-order valence-electron chi connectivity index (χ4n) is 3.80. The van der Waals surface area contributed by atoms with Gasteiger partial charge >= 0.3 is 0 Å². The van der Waals surface area contributed by atoms with Crippen LogP contribution in [0.15, 0.2) is 48.7 Å². The monoisotopic (exact) mass is 397 g/mol. The quantitative estimate of drug-likeness (QED) is 0.654. The third-order valence-corrected chi connectivity index (χ3v) is 5.58. The van der Waals surface area contributed by atoms with Crippen molar-refractivity contribution in [3.8, 4) is 11.5 Å². The predicted molar refractivity (Wildman–Crippen MR) is 113 cm³/mol. The molecule has 0 radical (unpaired) electrons. The van der Waals surface area contributed by atoms with E-state index in [-0.39, 0.29) is 5.75 Å². The highest BCUT2D eigenvalue weighted by Gasteiger charge is 2.21. The lowest BCUT2D eigenvalue weighted by molar-refractivity contribution is 0.208. The Morgan fingerprint density at radius 1 is 1.21 bits per heavy atom. The summed E-state index contributed by atoms with van der Waals surface area (Å²) < 4.78 is 5.21. The first-order valence-corrected chi connectivity index (χ1v) is 9.90. The van der Waals surface area contributed by atoms with Crippen LogP contribution in [0.4, 0.5) is 5.69 Å². The third-order valence-electron chi connectivity index (χ3n) is 5.35. The van der Waals surface area contributed by atoms with Gasteiger partial charge in [0.2, 0.25) is 0 Å². The summed E-state index contributed by atoms with van der Waals surface area (Å²) in [6.07, 6.45) is 3.91. The highest BCUT2D eigenvalue weighted by atomic mass is 35.5. The molecule has 1 fully saturated rings. The van der Waals surface area contributed by atoms with Gasteiger partial charge in [-0.1, -0.05) is 23.7 Å². The van der Waals surface area contributed by atoms with Crippen molar-refractivity contribution in [3.05, 3.63) is 59.2 Å². The second-order valence-corrected chi connectivity index (χ2v) is 7.62. The van der Waals surface area contributed by atoms with Gasteiger partial charge in [-0.3, -0.25) is 9.88 Å². The van der Waals surface area contributed by atoms with E-state index in [9.17, 15) is 5.11 Å². The summed E-state index contributed by atoms with van der Waals surface area (Å²) in [6.45, 7) is 2.68. The number of pyridine rings is 1. The lowest BCUT2D eigenvalue weighted by Gasteiger charge is -2.33.